The fourth-order valence-electron chi connectivity index (χ4n) is 1.66. The zero-order valence-electron chi connectivity index (χ0n) is 9.83. The predicted octanol–water partition coefficient (Wildman–Crippen LogP) is 1.93. The number of aromatic nitrogens is 1. The standard InChI is InChI=1S/C11H15F3N2O2/c1-6-10(18)9(7(5-17)4-16-6)8(15)2-3-11(12,13)14/h4,8,17-18H,2-3,5,15H2,1H3/t8-/m0/s1. The smallest absolute Gasteiger partial charge is 0.389 e. The molecule has 0 aliphatic heterocycles. The molecule has 0 unspecified atom stereocenters. The van der Waals surface area contributed by atoms with Crippen molar-refractivity contribution in [2.45, 2.75) is 38.6 Å². The number of pyridine rings is 1. The Kier molecular flexibility index (Phi) is 4.53. The highest BCUT2D eigenvalue weighted by atomic mass is 19.4. The summed E-state index contributed by atoms with van der Waals surface area (Å²) in [6, 6.07) is -0.990. The number of aromatic hydroxyl groups is 1. The second-order valence-electron chi connectivity index (χ2n) is 4.05. The lowest BCUT2D eigenvalue weighted by molar-refractivity contribution is -0.136. The van der Waals surface area contributed by atoms with Gasteiger partial charge in [-0.25, -0.2) is 0 Å². The van der Waals surface area contributed by atoms with Crippen molar-refractivity contribution in [3.05, 3.63) is 23.0 Å². The first-order valence-electron chi connectivity index (χ1n) is 5.36. The van der Waals surface area contributed by atoms with Crippen molar-refractivity contribution in [2.75, 3.05) is 0 Å². The molecule has 0 fully saturated rings. The Hall–Kier alpha value is -1.34. The third-order valence-corrected chi connectivity index (χ3v) is 2.64. The van der Waals surface area contributed by atoms with E-state index in [-0.39, 0.29) is 29.0 Å². The maximum absolute atomic E-state index is 12.1. The number of aliphatic hydroxyl groups is 1. The Morgan fingerprint density at radius 3 is 2.56 bits per heavy atom. The highest BCUT2D eigenvalue weighted by Crippen LogP contribution is 2.33. The van der Waals surface area contributed by atoms with Crippen LogP contribution in [-0.2, 0) is 6.61 Å². The van der Waals surface area contributed by atoms with E-state index in [0.29, 0.717) is 0 Å². The van der Waals surface area contributed by atoms with Gasteiger partial charge in [0.25, 0.3) is 0 Å². The highest BCUT2D eigenvalue weighted by Gasteiger charge is 2.29. The number of rotatable bonds is 4. The van der Waals surface area contributed by atoms with Gasteiger partial charge in [0.2, 0.25) is 0 Å². The van der Waals surface area contributed by atoms with E-state index in [4.69, 9.17) is 10.8 Å². The SMILES string of the molecule is Cc1ncc(CO)c([C@@H](N)CCC(F)(F)F)c1O. The van der Waals surface area contributed by atoms with Crippen LogP contribution in [0.1, 0.15) is 35.7 Å². The maximum Gasteiger partial charge on any atom is 0.389 e. The minimum Gasteiger partial charge on any atom is -0.506 e. The van der Waals surface area contributed by atoms with Crippen LogP contribution in [0, 0.1) is 6.92 Å². The lowest BCUT2D eigenvalue weighted by Crippen LogP contribution is -2.18. The van der Waals surface area contributed by atoms with E-state index in [0.717, 1.165) is 0 Å². The molecule has 1 atom stereocenters. The predicted molar refractivity (Wildman–Crippen MR) is 58.8 cm³/mol. The van der Waals surface area contributed by atoms with Gasteiger partial charge in [0.1, 0.15) is 5.75 Å². The number of halogens is 3. The van der Waals surface area contributed by atoms with Gasteiger partial charge in [-0.1, -0.05) is 0 Å². The molecule has 7 heteroatoms. The number of aliphatic hydroxyl groups excluding tert-OH is 1. The molecule has 4 N–H and O–H groups in total. The van der Waals surface area contributed by atoms with Gasteiger partial charge in [0.05, 0.1) is 12.3 Å². The number of alkyl halides is 3. The van der Waals surface area contributed by atoms with Crippen molar-refractivity contribution in [1.29, 1.82) is 0 Å². The summed E-state index contributed by atoms with van der Waals surface area (Å²) in [7, 11) is 0. The van der Waals surface area contributed by atoms with Crippen LogP contribution >= 0.6 is 0 Å². The summed E-state index contributed by atoms with van der Waals surface area (Å²) in [5.41, 5.74) is 6.29. The van der Waals surface area contributed by atoms with Crippen LogP contribution in [0.4, 0.5) is 13.2 Å². The van der Waals surface area contributed by atoms with Gasteiger partial charge in [-0.05, 0) is 13.3 Å². The minimum atomic E-state index is -4.30. The molecule has 0 spiro atoms. The third-order valence-electron chi connectivity index (χ3n) is 2.64. The molecule has 1 heterocycles. The fraction of sp³-hybridized carbons (Fsp3) is 0.545. The van der Waals surface area contributed by atoms with E-state index in [1.807, 2.05) is 0 Å². The molecule has 0 saturated carbocycles. The Morgan fingerprint density at radius 1 is 1.44 bits per heavy atom. The molecule has 102 valence electrons. The van der Waals surface area contributed by atoms with Crippen molar-refractivity contribution in [1.82, 2.24) is 4.98 Å². The second kappa shape index (κ2) is 5.53. The van der Waals surface area contributed by atoms with Crippen molar-refractivity contribution in [3.63, 3.8) is 0 Å². The number of aryl methyl sites for hydroxylation is 1. The van der Waals surface area contributed by atoms with Gasteiger partial charge in [-0.3, -0.25) is 4.98 Å². The Balaban J connectivity index is 2.97. The number of hydrogen-bond acceptors (Lipinski definition) is 4. The second-order valence-corrected chi connectivity index (χ2v) is 4.05. The van der Waals surface area contributed by atoms with E-state index < -0.39 is 25.2 Å². The maximum atomic E-state index is 12.1. The van der Waals surface area contributed by atoms with Crippen LogP contribution in [0.2, 0.25) is 0 Å². The summed E-state index contributed by atoms with van der Waals surface area (Å²) in [6.07, 6.45) is -4.39. The Labute approximate surface area is 102 Å². The van der Waals surface area contributed by atoms with Gasteiger partial charge < -0.3 is 15.9 Å². The molecule has 18 heavy (non-hydrogen) atoms. The quantitative estimate of drug-likeness (QED) is 0.776. The van der Waals surface area contributed by atoms with Gasteiger partial charge in [0, 0.05) is 29.8 Å². The summed E-state index contributed by atoms with van der Waals surface area (Å²) in [5.74, 6) is -0.253. The van der Waals surface area contributed by atoms with Crippen molar-refractivity contribution in [2.24, 2.45) is 5.73 Å². The van der Waals surface area contributed by atoms with E-state index in [1.54, 1.807) is 0 Å². The zero-order valence-corrected chi connectivity index (χ0v) is 9.83. The minimum absolute atomic E-state index is 0.134. The zero-order chi connectivity index (χ0) is 13.9. The third kappa shape index (κ3) is 3.58. The van der Waals surface area contributed by atoms with Crippen molar-refractivity contribution >= 4 is 0 Å². The molecule has 0 saturated heterocycles. The first-order chi connectivity index (χ1) is 8.26. The Bertz CT molecular complexity index is 421. The van der Waals surface area contributed by atoms with E-state index in [2.05, 4.69) is 4.98 Å². The van der Waals surface area contributed by atoms with Crippen molar-refractivity contribution < 1.29 is 23.4 Å². The van der Waals surface area contributed by atoms with Crippen LogP contribution < -0.4 is 5.73 Å². The molecular weight excluding hydrogens is 249 g/mol. The summed E-state index contributed by atoms with van der Waals surface area (Å²) in [5, 5.41) is 18.9. The molecule has 1 aromatic rings. The van der Waals surface area contributed by atoms with Gasteiger partial charge in [0.15, 0.2) is 0 Å². The lowest BCUT2D eigenvalue weighted by atomic mass is 9.97. The number of nitrogens with zero attached hydrogens (tertiary/aromatic N) is 1. The molecule has 1 rings (SSSR count). The van der Waals surface area contributed by atoms with Crippen LogP contribution in [-0.4, -0.2) is 21.4 Å². The van der Waals surface area contributed by atoms with Crippen LogP contribution in [0.3, 0.4) is 0 Å². The number of nitrogens with two attached hydrogens (primary N) is 1. The van der Waals surface area contributed by atoms with E-state index >= 15 is 0 Å². The van der Waals surface area contributed by atoms with E-state index in [1.165, 1.54) is 13.1 Å². The van der Waals surface area contributed by atoms with Crippen LogP contribution in [0.25, 0.3) is 0 Å². The molecule has 1 aromatic heterocycles. The molecule has 0 amide bonds. The fourth-order valence-corrected chi connectivity index (χ4v) is 1.66. The normalized spacial score (nSPS) is 13.7. The summed E-state index contributed by atoms with van der Waals surface area (Å²) in [4.78, 5) is 3.81. The molecule has 0 aromatic carbocycles. The van der Waals surface area contributed by atoms with Gasteiger partial charge in [-0.2, -0.15) is 13.2 Å². The van der Waals surface area contributed by atoms with Crippen molar-refractivity contribution in [3.8, 4) is 5.75 Å². The average molecular weight is 264 g/mol. The topological polar surface area (TPSA) is 79.4 Å². The first kappa shape index (κ1) is 14.7. The van der Waals surface area contributed by atoms with Crippen LogP contribution in [0.15, 0.2) is 6.20 Å². The first-order valence-corrected chi connectivity index (χ1v) is 5.36. The summed E-state index contributed by atoms with van der Waals surface area (Å²) in [6.45, 7) is 1.08. The Morgan fingerprint density at radius 2 is 2.06 bits per heavy atom. The molecule has 0 radical (unpaired) electrons. The summed E-state index contributed by atoms with van der Waals surface area (Å²) >= 11 is 0. The van der Waals surface area contributed by atoms with Gasteiger partial charge in [-0.15, -0.1) is 0 Å². The highest BCUT2D eigenvalue weighted by molar-refractivity contribution is 5.42. The van der Waals surface area contributed by atoms with E-state index in [9.17, 15) is 18.3 Å². The molecule has 0 aliphatic carbocycles. The average Bonchev–Trinajstić information content (AvgIpc) is 2.28. The lowest BCUT2D eigenvalue weighted by Gasteiger charge is -2.18. The van der Waals surface area contributed by atoms with Crippen LogP contribution in [0.5, 0.6) is 5.75 Å². The molecule has 0 aliphatic rings. The molecule has 4 nitrogen and oxygen atoms in total. The summed E-state index contributed by atoms with van der Waals surface area (Å²) < 4.78 is 36.3. The molecular formula is C11H15F3N2O2. The van der Waals surface area contributed by atoms with Gasteiger partial charge >= 0.3 is 6.18 Å². The monoisotopic (exact) mass is 264 g/mol. The largest absolute Gasteiger partial charge is 0.506 e. The number of hydrogen-bond donors (Lipinski definition) is 3. The molecule has 0 bridgehead atoms.